The van der Waals surface area contributed by atoms with Crippen molar-refractivity contribution < 1.29 is 19.0 Å². The standard InChI is InChI=1S/C39H38O4Si/c1-38(2,3)44(6,7)43-35-23-34-37(29-19-17-26(41-4)21-31(29)35)30-20-18-27(42-5)22-33(30)39(34,40)32-14-10-12-25-16-15-24-11-8-9-13-28(24)36(25)32/h8-23,40H,1-7H3. The van der Waals surface area contributed by atoms with E-state index >= 15 is 0 Å². The van der Waals surface area contributed by atoms with Gasteiger partial charge < -0.3 is 19.0 Å². The normalized spacial score (nSPS) is 16.3. The molecule has 0 saturated carbocycles. The maximum atomic E-state index is 13.5. The van der Waals surface area contributed by atoms with Gasteiger partial charge in [-0.05, 0) is 92.6 Å². The van der Waals surface area contributed by atoms with Crippen LogP contribution in [0.25, 0.3) is 43.4 Å². The van der Waals surface area contributed by atoms with Gasteiger partial charge in [0.15, 0.2) is 0 Å². The predicted molar refractivity (Wildman–Crippen MR) is 184 cm³/mol. The van der Waals surface area contributed by atoms with Gasteiger partial charge in [0.1, 0.15) is 22.8 Å². The first-order chi connectivity index (χ1) is 21.0. The maximum Gasteiger partial charge on any atom is 0.250 e. The first kappa shape index (κ1) is 28.4. The number of hydrogen-bond donors (Lipinski definition) is 1. The smallest absolute Gasteiger partial charge is 0.250 e. The quantitative estimate of drug-likeness (QED) is 0.159. The van der Waals surface area contributed by atoms with Crippen molar-refractivity contribution in [3.63, 3.8) is 0 Å². The number of aliphatic hydroxyl groups is 1. The van der Waals surface area contributed by atoms with E-state index in [1.165, 1.54) is 0 Å². The van der Waals surface area contributed by atoms with Gasteiger partial charge in [0, 0.05) is 22.1 Å². The molecule has 44 heavy (non-hydrogen) atoms. The lowest BCUT2D eigenvalue weighted by Crippen LogP contribution is -2.44. The molecule has 1 aliphatic carbocycles. The van der Waals surface area contributed by atoms with Gasteiger partial charge in [0.2, 0.25) is 0 Å². The van der Waals surface area contributed by atoms with Crippen molar-refractivity contribution in [2.24, 2.45) is 0 Å². The number of rotatable bonds is 5. The molecule has 0 aromatic heterocycles. The number of methoxy groups -OCH3 is 2. The first-order valence-electron chi connectivity index (χ1n) is 15.1. The second-order valence-electron chi connectivity index (χ2n) is 13.4. The molecule has 1 aliphatic rings. The van der Waals surface area contributed by atoms with Gasteiger partial charge in [-0.25, -0.2) is 0 Å². The third-order valence-corrected chi connectivity index (χ3v) is 14.3. The summed E-state index contributed by atoms with van der Waals surface area (Å²) < 4.78 is 18.5. The Morgan fingerprint density at radius 1 is 0.636 bits per heavy atom. The van der Waals surface area contributed by atoms with E-state index in [-0.39, 0.29) is 5.04 Å². The van der Waals surface area contributed by atoms with E-state index in [4.69, 9.17) is 13.9 Å². The van der Waals surface area contributed by atoms with Crippen LogP contribution >= 0.6 is 0 Å². The summed E-state index contributed by atoms with van der Waals surface area (Å²) >= 11 is 0. The van der Waals surface area contributed by atoms with Crippen LogP contribution in [0, 0.1) is 0 Å². The Bertz CT molecular complexity index is 2110. The van der Waals surface area contributed by atoms with Crippen LogP contribution in [0.4, 0.5) is 0 Å². The fraction of sp³-hybridized carbons (Fsp3) is 0.231. The molecule has 0 fully saturated rings. The van der Waals surface area contributed by atoms with Crippen molar-refractivity contribution in [1.82, 2.24) is 0 Å². The van der Waals surface area contributed by atoms with Crippen LogP contribution in [0.1, 0.15) is 37.5 Å². The van der Waals surface area contributed by atoms with E-state index < -0.39 is 13.9 Å². The summed E-state index contributed by atoms with van der Waals surface area (Å²) in [6.45, 7) is 11.3. The van der Waals surface area contributed by atoms with Crippen LogP contribution in [0.3, 0.4) is 0 Å². The lowest BCUT2D eigenvalue weighted by atomic mass is 9.80. The highest BCUT2D eigenvalue weighted by Crippen LogP contribution is 2.57. The zero-order valence-electron chi connectivity index (χ0n) is 26.4. The molecule has 0 heterocycles. The van der Waals surface area contributed by atoms with Crippen LogP contribution in [-0.2, 0) is 5.60 Å². The number of ether oxygens (including phenoxy) is 2. The minimum Gasteiger partial charge on any atom is -0.543 e. The molecule has 0 aliphatic heterocycles. The fourth-order valence-corrected chi connectivity index (χ4v) is 7.57. The molecule has 0 saturated heterocycles. The molecular weight excluding hydrogens is 561 g/mol. The highest BCUT2D eigenvalue weighted by atomic mass is 28.4. The van der Waals surface area contributed by atoms with E-state index in [1.807, 2.05) is 24.3 Å². The van der Waals surface area contributed by atoms with Crippen LogP contribution in [0.15, 0.2) is 97.1 Å². The van der Waals surface area contributed by atoms with Crippen LogP contribution < -0.4 is 13.9 Å². The summed E-state index contributed by atoms with van der Waals surface area (Å²) in [5.41, 5.74) is 2.97. The van der Waals surface area contributed by atoms with E-state index in [2.05, 4.69) is 107 Å². The summed E-state index contributed by atoms with van der Waals surface area (Å²) in [6, 6.07) is 33.2. The topological polar surface area (TPSA) is 47.9 Å². The third kappa shape index (κ3) is 4.06. The average molecular weight is 599 g/mol. The molecule has 222 valence electrons. The van der Waals surface area contributed by atoms with Crippen LogP contribution in [-0.4, -0.2) is 27.6 Å². The second kappa shape index (κ2) is 9.85. The minimum atomic E-state index is -2.27. The lowest BCUT2D eigenvalue weighted by Gasteiger charge is -2.37. The van der Waals surface area contributed by atoms with Gasteiger partial charge in [-0.2, -0.15) is 0 Å². The summed E-state index contributed by atoms with van der Waals surface area (Å²) in [5.74, 6) is 2.23. The number of hydrogen-bond acceptors (Lipinski definition) is 4. The average Bonchev–Trinajstić information content (AvgIpc) is 3.27. The number of fused-ring (bicyclic) bond motifs is 8. The summed E-state index contributed by atoms with van der Waals surface area (Å²) in [7, 11) is 1.09. The lowest BCUT2D eigenvalue weighted by molar-refractivity contribution is 0.132. The summed E-state index contributed by atoms with van der Waals surface area (Å²) in [5, 5.41) is 19.8. The van der Waals surface area contributed by atoms with Crippen molar-refractivity contribution in [3.05, 3.63) is 114 Å². The van der Waals surface area contributed by atoms with Crippen molar-refractivity contribution >= 4 is 40.6 Å². The van der Waals surface area contributed by atoms with Gasteiger partial charge in [-0.1, -0.05) is 81.4 Å². The van der Waals surface area contributed by atoms with E-state index in [0.717, 1.165) is 71.6 Å². The zero-order valence-corrected chi connectivity index (χ0v) is 27.4. The molecular formula is C39H38O4Si. The Hall–Kier alpha value is -4.32. The van der Waals surface area contributed by atoms with Gasteiger partial charge in [-0.3, -0.25) is 0 Å². The Kier molecular flexibility index (Phi) is 6.37. The Morgan fingerprint density at radius 3 is 2.07 bits per heavy atom. The van der Waals surface area contributed by atoms with Crippen LogP contribution in [0.5, 0.6) is 17.2 Å². The number of benzene rings is 6. The van der Waals surface area contributed by atoms with Gasteiger partial charge >= 0.3 is 0 Å². The highest BCUT2D eigenvalue weighted by molar-refractivity contribution is 6.74. The Labute approximate surface area is 260 Å². The second-order valence-corrected chi connectivity index (χ2v) is 18.1. The monoisotopic (exact) mass is 598 g/mol. The van der Waals surface area contributed by atoms with Crippen molar-refractivity contribution in [1.29, 1.82) is 0 Å². The SMILES string of the molecule is COc1ccc2c(c1)C(O)(c1cccc3ccc4ccccc4c13)c1cc(O[Si](C)(C)C(C)(C)C)c3cc(OC)ccc3c1-2. The van der Waals surface area contributed by atoms with Gasteiger partial charge in [0.05, 0.1) is 14.2 Å². The predicted octanol–water partition coefficient (Wildman–Crippen LogP) is 9.81. The maximum absolute atomic E-state index is 13.5. The summed E-state index contributed by atoms with van der Waals surface area (Å²) in [6.07, 6.45) is 0. The molecule has 4 nitrogen and oxygen atoms in total. The van der Waals surface area contributed by atoms with Crippen molar-refractivity contribution in [3.8, 4) is 28.4 Å². The molecule has 0 bridgehead atoms. The Balaban J connectivity index is 1.63. The van der Waals surface area contributed by atoms with Crippen LogP contribution in [0.2, 0.25) is 18.1 Å². The molecule has 1 N–H and O–H groups in total. The molecule has 5 heteroatoms. The molecule has 0 amide bonds. The fourth-order valence-electron chi connectivity index (χ4n) is 6.55. The van der Waals surface area contributed by atoms with E-state index in [9.17, 15) is 5.11 Å². The molecule has 1 atom stereocenters. The van der Waals surface area contributed by atoms with Gasteiger partial charge in [0.25, 0.3) is 8.32 Å². The summed E-state index contributed by atoms with van der Waals surface area (Å²) in [4.78, 5) is 0. The molecule has 1 unspecified atom stereocenters. The van der Waals surface area contributed by atoms with Gasteiger partial charge in [-0.15, -0.1) is 0 Å². The van der Waals surface area contributed by atoms with E-state index in [0.29, 0.717) is 5.75 Å². The van der Waals surface area contributed by atoms with Crippen molar-refractivity contribution in [2.75, 3.05) is 14.2 Å². The third-order valence-electron chi connectivity index (χ3n) is 9.91. The molecule has 6 aromatic carbocycles. The van der Waals surface area contributed by atoms with E-state index in [1.54, 1.807) is 14.2 Å². The zero-order chi connectivity index (χ0) is 31.0. The molecule has 0 radical (unpaired) electrons. The molecule has 6 aromatic rings. The minimum absolute atomic E-state index is 0.0155. The Morgan fingerprint density at radius 2 is 1.32 bits per heavy atom. The van der Waals surface area contributed by atoms with Crippen molar-refractivity contribution in [2.45, 2.75) is 44.5 Å². The largest absolute Gasteiger partial charge is 0.543 e. The molecule has 7 rings (SSSR count). The first-order valence-corrected chi connectivity index (χ1v) is 18.1. The molecule has 0 spiro atoms. The highest BCUT2D eigenvalue weighted by Gasteiger charge is 2.47.